The predicted molar refractivity (Wildman–Crippen MR) is 62.1 cm³/mol. The van der Waals surface area contributed by atoms with Crippen LogP contribution in [0.15, 0.2) is 6.20 Å². The first-order valence-corrected chi connectivity index (χ1v) is 5.73. The number of nitrogen functional groups attached to an aromatic ring is 1. The first-order valence-electron chi connectivity index (χ1n) is 5.73. The van der Waals surface area contributed by atoms with Gasteiger partial charge in [-0.3, -0.25) is 4.79 Å². The molecule has 16 heavy (non-hydrogen) atoms. The number of carbonyl (C=O) groups is 1. The van der Waals surface area contributed by atoms with Gasteiger partial charge in [0.1, 0.15) is 11.4 Å². The molecule has 1 aliphatic carbocycles. The molecule has 3 N–H and O–H groups in total. The van der Waals surface area contributed by atoms with Crippen LogP contribution in [0.5, 0.6) is 0 Å². The summed E-state index contributed by atoms with van der Waals surface area (Å²) in [5.41, 5.74) is 6.37. The highest BCUT2D eigenvalue weighted by molar-refractivity contribution is 5.98. The molecule has 2 rings (SSSR count). The maximum atomic E-state index is 11.9. The molecule has 5 nitrogen and oxygen atoms in total. The van der Waals surface area contributed by atoms with Crippen LogP contribution in [0, 0.1) is 0 Å². The summed E-state index contributed by atoms with van der Waals surface area (Å²) in [6, 6.07) is 0.500. The van der Waals surface area contributed by atoms with Gasteiger partial charge in [0.05, 0.1) is 6.20 Å². The van der Waals surface area contributed by atoms with Crippen LogP contribution in [0.3, 0.4) is 0 Å². The SMILES string of the molecule is CC(C)n1ncc(C(=O)NC2CCC2)c1N. The van der Waals surface area contributed by atoms with Crippen LogP contribution >= 0.6 is 0 Å². The van der Waals surface area contributed by atoms with Crippen molar-refractivity contribution >= 4 is 11.7 Å². The molecule has 0 atom stereocenters. The van der Waals surface area contributed by atoms with Gasteiger partial charge >= 0.3 is 0 Å². The topological polar surface area (TPSA) is 72.9 Å². The van der Waals surface area contributed by atoms with Crippen LogP contribution in [0.4, 0.5) is 5.82 Å². The van der Waals surface area contributed by atoms with E-state index < -0.39 is 0 Å². The zero-order valence-electron chi connectivity index (χ0n) is 9.73. The number of hydrogen-bond acceptors (Lipinski definition) is 3. The Balaban J connectivity index is 2.10. The van der Waals surface area contributed by atoms with Crippen LogP contribution in [-0.4, -0.2) is 21.7 Å². The number of nitrogens with one attached hydrogen (secondary N) is 1. The number of nitrogens with two attached hydrogens (primary N) is 1. The number of hydrogen-bond donors (Lipinski definition) is 2. The van der Waals surface area contributed by atoms with E-state index in [2.05, 4.69) is 10.4 Å². The van der Waals surface area contributed by atoms with E-state index in [-0.39, 0.29) is 11.9 Å². The average molecular weight is 222 g/mol. The summed E-state index contributed by atoms with van der Waals surface area (Å²) in [6.07, 6.45) is 4.89. The van der Waals surface area contributed by atoms with Gasteiger partial charge in [0.2, 0.25) is 0 Å². The summed E-state index contributed by atoms with van der Waals surface area (Å²) in [5, 5.41) is 7.07. The van der Waals surface area contributed by atoms with Crippen molar-refractivity contribution in [1.82, 2.24) is 15.1 Å². The lowest BCUT2D eigenvalue weighted by Crippen LogP contribution is -2.39. The Morgan fingerprint density at radius 3 is 2.75 bits per heavy atom. The van der Waals surface area contributed by atoms with Crippen molar-refractivity contribution in [3.8, 4) is 0 Å². The van der Waals surface area contributed by atoms with Crippen molar-refractivity contribution < 1.29 is 4.79 Å². The Bertz CT molecular complexity index is 393. The van der Waals surface area contributed by atoms with E-state index in [4.69, 9.17) is 5.73 Å². The molecule has 88 valence electrons. The number of anilines is 1. The monoisotopic (exact) mass is 222 g/mol. The zero-order valence-corrected chi connectivity index (χ0v) is 9.73. The highest BCUT2D eigenvalue weighted by Crippen LogP contribution is 2.20. The van der Waals surface area contributed by atoms with Crippen LogP contribution in [0.1, 0.15) is 49.5 Å². The summed E-state index contributed by atoms with van der Waals surface area (Å²) in [5.74, 6) is 0.348. The molecule has 1 saturated carbocycles. The molecule has 5 heteroatoms. The largest absolute Gasteiger partial charge is 0.383 e. The fourth-order valence-corrected chi connectivity index (χ4v) is 1.77. The second kappa shape index (κ2) is 4.15. The molecule has 0 radical (unpaired) electrons. The van der Waals surface area contributed by atoms with E-state index in [1.165, 1.54) is 6.42 Å². The van der Waals surface area contributed by atoms with Crippen molar-refractivity contribution in [2.45, 2.75) is 45.2 Å². The first kappa shape index (κ1) is 11.0. The lowest BCUT2D eigenvalue weighted by Gasteiger charge is -2.26. The van der Waals surface area contributed by atoms with Crippen molar-refractivity contribution in [1.29, 1.82) is 0 Å². The number of rotatable bonds is 3. The van der Waals surface area contributed by atoms with Crippen molar-refractivity contribution in [3.05, 3.63) is 11.8 Å². The predicted octanol–water partition coefficient (Wildman–Crippen LogP) is 1.33. The summed E-state index contributed by atoms with van der Waals surface area (Å²) in [4.78, 5) is 11.9. The van der Waals surface area contributed by atoms with E-state index in [1.807, 2.05) is 13.8 Å². The zero-order chi connectivity index (χ0) is 11.7. The quantitative estimate of drug-likeness (QED) is 0.810. The average Bonchev–Trinajstić information content (AvgIpc) is 2.53. The van der Waals surface area contributed by atoms with Gasteiger partial charge in [0.25, 0.3) is 5.91 Å². The minimum absolute atomic E-state index is 0.103. The molecule has 1 aliphatic rings. The van der Waals surface area contributed by atoms with Crippen LogP contribution in [0.25, 0.3) is 0 Å². The van der Waals surface area contributed by atoms with E-state index in [1.54, 1.807) is 10.9 Å². The number of amides is 1. The van der Waals surface area contributed by atoms with E-state index in [9.17, 15) is 4.79 Å². The first-order chi connectivity index (χ1) is 7.59. The van der Waals surface area contributed by atoms with Crippen LogP contribution in [0.2, 0.25) is 0 Å². The smallest absolute Gasteiger partial charge is 0.256 e. The van der Waals surface area contributed by atoms with Gasteiger partial charge in [-0.25, -0.2) is 4.68 Å². The number of aromatic nitrogens is 2. The molecule has 1 aromatic rings. The Morgan fingerprint density at radius 2 is 2.31 bits per heavy atom. The molecule has 1 amide bonds. The lowest BCUT2D eigenvalue weighted by molar-refractivity contribution is 0.0918. The third-order valence-electron chi connectivity index (χ3n) is 3.01. The summed E-state index contributed by atoms with van der Waals surface area (Å²) < 4.78 is 1.66. The molecule has 0 unspecified atom stereocenters. The standard InChI is InChI=1S/C11H18N4O/c1-7(2)15-10(12)9(6-13-15)11(16)14-8-4-3-5-8/h6-8H,3-5,12H2,1-2H3,(H,14,16). The van der Waals surface area contributed by atoms with Crippen molar-refractivity contribution in [2.24, 2.45) is 0 Å². The minimum Gasteiger partial charge on any atom is -0.383 e. The second-order valence-corrected chi connectivity index (χ2v) is 4.58. The van der Waals surface area contributed by atoms with Crippen molar-refractivity contribution in [2.75, 3.05) is 5.73 Å². The molecule has 0 bridgehead atoms. The maximum absolute atomic E-state index is 11.9. The van der Waals surface area contributed by atoms with Crippen LogP contribution < -0.4 is 11.1 Å². The van der Waals surface area contributed by atoms with Gasteiger partial charge in [-0.1, -0.05) is 0 Å². The van der Waals surface area contributed by atoms with Gasteiger partial charge in [-0.15, -0.1) is 0 Å². The Kier molecular flexibility index (Phi) is 2.85. The molecule has 0 saturated heterocycles. The fraction of sp³-hybridized carbons (Fsp3) is 0.636. The Hall–Kier alpha value is -1.52. The Morgan fingerprint density at radius 1 is 1.62 bits per heavy atom. The van der Waals surface area contributed by atoms with E-state index in [0.717, 1.165) is 12.8 Å². The van der Waals surface area contributed by atoms with Gasteiger partial charge in [-0.05, 0) is 33.1 Å². The highest BCUT2D eigenvalue weighted by Gasteiger charge is 2.23. The third kappa shape index (κ3) is 1.89. The third-order valence-corrected chi connectivity index (χ3v) is 3.01. The minimum atomic E-state index is -0.103. The summed E-state index contributed by atoms with van der Waals surface area (Å²) in [6.45, 7) is 3.97. The maximum Gasteiger partial charge on any atom is 0.256 e. The normalized spacial score (nSPS) is 16.2. The number of carbonyl (C=O) groups excluding carboxylic acids is 1. The van der Waals surface area contributed by atoms with Gasteiger partial charge in [0, 0.05) is 12.1 Å². The van der Waals surface area contributed by atoms with Gasteiger partial charge < -0.3 is 11.1 Å². The Labute approximate surface area is 95.0 Å². The van der Waals surface area contributed by atoms with Gasteiger partial charge in [-0.2, -0.15) is 5.10 Å². The molecular formula is C11H18N4O. The van der Waals surface area contributed by atoms with Crippen LogP contribution in [-0.2, 0) is 0 Å². The highest BCUT2D eigenvalue weighted by atomic mass is 16.1. The molecule has 0 aliphatic heterocycles. The van der Waals surface area contributed by atoms with E-state index in [0.29, 0.717) is 17.4 Å². The van der Waals surface area contributed by atoms with Crippen molar-refractivity contribution in [3.63, 3.8) is 0 Å². The second-order valence-electron chi connectivity index (χ2n) is 4.58. The molecule has 1 heterocycles. The van der Waals surface area contributed by atoms with E-state index >= 15 is 0 Å². The molecule has 0 spiro atoms. The number of nitrogens with zero attached hydrogens (tertiary/aromatic N) is 2. The molecule has 0 aromatic carbocycles. The fourth-order valence-electron chi connectivity index (χ4n) is 1.77. The van der Waals surface area contributed by atoms with Gasteiger partial charge in [0.15, 0.2) is 0 Å². The molecule has 1 aromatic heterocycles. The molecular weight excluding hydrogens is 204 g/mol. The summed E-state index contributed by atoms with van der Waals surface area (Å²) >= 11 is 0. The summed E-state index contributed by atoms with van der Waals surface area (Å²) in [7, 11) is 0. The molecule has 1 fully saturated rings. The lowest BCUT2D eigenvalue weighted by atomic mass is 9.93.